The number of aromatic nitrogens is 1. The highest BCUT2D eigenvalue weighted by molar-refractivity contribution is 6.29. The fourth-order valence-corrected chi connectivity index (χ4v) is 3.28. The van der Waals surface area contributed by atoms with E-state index in [9.17, 15) is 9.18 Å². The van der Waals surface area contributed by atoms with Crippen molar-refractivity contribution >= 4 is 23.2 Å². The van der Waals surface area contributed by atoms with E-state index in [0.29, 0.717) is 5.56 Å². The summed E-state index contributed by atoms with van der Waals surface area (Å²) >= 11 is 5.85. The van der Waals surface area contributed by atoms with Gasteiger partial charge in [-0.1, -0.05) is 11.6 Å². The van der Waals surface area contributed by atoms with Crippen LogP contribution in [0.3, 0.4) is 0 Å². The molecule has 0 saturated carbocycles. The van der Waals surface area contributed by atoms with Gasteiger partial charge >= 0.3 is 0 Å². The van der Waals surface area contributed by atoms with Crippen LogP contribution in [0.4, 0.5) is 10.1 Å². The number of nitrogens with one attached hydrogen (secondary N) is 1. The zero-order chi connectivity index (χ0) is 18.7. The van der Waals surface area contributed by atoms with Crippen LogP contribution in [-0.2, 0) is 0 Å². The number of benzene rings is 1. The highest BCUT2D eigenvalue weighted by Gasteiger charge is 2.21. The molecule has 1 aliphatic rings. The molecule has 26 heavy (non-hydrogen) atoms. The van der Waals surface area contributed by atoms with Gasteiger partial charge in [0.25, 0.3) is 5.91 Å². The van der Waals surface area contributed by atoms with E-state index < -0.39 is 0 Å². The van der Waals surface area contributed by atoms with Crippen LogP contribution in [0.25, 0.3) is 0 Å². The highest BCUT2D eigenvalue weighted by atomic mass is 35.5. The third-order valence-electron chi connectivity index (χ3n) is 4.64. The minimum Gasteiger partial charge on any atom is -0.369 e. The Morgan fingerprint density at radius 1 is 1.23 bits per heavy atom. The molecule has 1 aromatic heterocycles. The molecule has 7 heteroatoms. The maximum Gasteiger partial charge on any atom is 0.251 e. The maximum absolute atomic E-state index is 13.9. The number of carbonyl (C=O) groups excluding carboxylic acids is 1. The molecule has 1 amide bonds. The number of halogens is 2. The minimum atomic E-state index is -0.347. The first-order valence-electron chi connectivity index (χ1n) is 8.59. The van der Waals surface area contributed by atoms with E-state index in [1.807, 2.05) is 6.92 Å². The second-order valence-electron chi connectivity index (χ2n) is 6.56. The van der Waals surface area contributed by atoms with Gasteiger partial charge in [-0.3, -0.25) is 4.79 Å². The molecule has 1 atom stereocenters. The Morgan fingerprint density at radius 2 is 1.96 bits per heavy atom. The molecule has 0 spiro atoms. The molecule has 138 valence electrons. The summed E-state index contributed by atoms with van der Waals surface area (Å²) in [5, 5.41) is 3.18. The molecule has 0 radical (unpaired) electrons. The third-order valence-corrected chi connectivity index (χ3v) is 4.84. The van der Waals surface area contributed by atoms with Crippen LogP contribution in [0.2, 0.25) is 5.15 Å². The second-order valence-corrected chi connectivity index (χ2v) is 6.94. The predicted molar refractivity (Wildman–Crippen MR) is 101 cm³/mol. The molecule has 0 aliphatic carbocycles. The van der Waals surface area contributed by atoms with E-state index >= 15 is 0 Å². The van der Waals surface area contributed by atoms with E-state index in [-0.39, 0.29) is 22.9 Å². The van der Waals surface area contributed by atoms with Crippen LogP contribution >= 0.6 is 11.6 Å². The number of pyridine rings is 1. The number of hydrogen-bond acceptors (Lipinski definition) is 4. The van der Waals surface area contributed by atoms with E-state index in [2.05, 4.69) is 27.1 Å². The third kappa shape index (κ3) is 4.31. The van der Waals surface area contributed by atoms with Crippen LogP contribution in [0.1, 0.15) is 28.9 Å². The van der Waals surface area contributed by atoms with Gasteiger partial charge in [-0.25, -0.2) is 9.37 Å². The van der Waals surface area contributed by atoms with Gasteiger partial charge in [-0.05, 0) is 44.3 Å². The molecule has 0 bridgehead atoms. The maximum atomic E-state index is 13.9. The first-order chi connectivity index (χ1) is 12.4. The molecule has 1 aliphatic heterocycles. The number of piperazine rings is 1. The van der Waals surface area contributed by atoms with Crippen molar-refractivity contribution in [2.75, 3.05) is 38.1 Å². The van der Waals surface area contributed by atoms with Crippen LogP contribution in [0, 0.1) is 5.82 Å². The van der Waals surface area contributed by atoms with Gasteiger partial charge in [0.05, 0.1) is 6.04 Å². The van der Waals surface area contributed by atoms with Crippen LogP contribution in [0.5, 0.6) is 0 Å². The van der Waals surface area contributed by atoms with Gasteiger partial charge in [0.2, 0.25) is 0 Å². The summed E-state index contributed by atoms with van der Waals surface area (Å²) in [5.41, 5.74) is 2.15. The number of anilines is 1. The van der Waals surface area contributed by atoms with E-state index in [4.69, 9.17) is 11.6 Å². The zero-order valence-electron chi connectivity index (χ0n) is 14.9. The summed E-state index contributed by atoms with van der Waals surface area (Å²) in [6, 6.07) is 7.52. The van der Waals surface area contributed by atoms with Gasteiger partial charge in [-0.2, -0.15) is 0 Å². The summed E-state index contributed by atoms with van der Waals surface area (Å²) in [5.74, 6) is -0.582. The number of rotatable bonds is 4. The molecule has 2 aromatic rings. The van der Waals surface area contributed by atoms with Crippen molar-refractivity contribution in [3.05, 3.63) is 58.6 Å². The summed E-state index contributed by atoms with van der Waals surface area (Å²) in [6.07, 6.45) is 1.49. The van der Waals surface area contributed by atoms with E-state index in [1.165, 1.54) is 24.4 Å². The molecule has 5 nitrogen and oxygen atoms in total. The van der Waals surface area contributed by atoms with Crippen LogP contribution in [0.15, 0.2) is 36.5 Å². The molecule has 1 fully saturated rings. The SMILES string of the molecule is C[C@H](NC(=O)c1ccnc(Cl)c1)c1cc(F)ccc1N1CCN(C)CC1. The highest BCUT2D eigenvalue weighted by Crippen LogP contribution is 2.28. The average Bonchev–Trinajstić information content (AvgIpc) is 2.62. The normalized spacial score (nSPS) is 16.4. The van der Waals surface area contributed by atoms with Gasteiger partial charge in [0.15, 0.2) is 0 Å². The Hall–Kier alpha value is -2.18. The summed E-state index contributed by atoms with van der Waals surface area (Å²) in [7, 11) is 2.09. The smallest absolute Gasteiger partial charge is 0.251 e. The first-order valence-corrected chi connectivity index (χ1v) is 8.97. The van der Waals surface area contributed by atoms with Gasteiger partial charge in [0.1, 0.15) is 11.0 Å². The van der Waals surface area contributed by atoms with Crippen molar-refractivity contribution in [1.82, 2.24) is 15.2 Å². The van der Waals surface area contributed by atoms with Gasteiger partial charge in [-0.15, -0.1) is 0 Å². The zero-order valence-corrected chi connectivity index (χ0v) is 15.6. The first kappa shape index (κ1) is 18.6. The molecule has 0 unspecified atom stereocenters. The lowest BCUT2D eigenvalue weighted by atomic mass is 10.0. The number of hydrogen-bond donors (Lipinski definition) is 1. The summed E-state index contributed by atoms with van der Waals surface area (Å²) in [4.78, 5) is 20.9. The van der Waals surface area contributed by atoms with Crippen molar-refractivity contribution in [2.45, 2.75) is 13.0 Å². The molecule has 2 heterocycles. The standard InChI is InChI=1S/C19H22ClFN4O/c1-13(23-19(26)14-5-6-22-18(20)11-14)16-12-15(21)3-4-17(16)25-9-7-24(2)8-10-25/h3-6,11-13H,7-10H2,1-2H3,(H,23,26)/t13-/m0/s1. The largest absolute Gasteiger partial charge is 0.369 e. The monoisotopic (exact) mass is 376 g/mol. The molecule has 1 aromatic carbocycles. The van der Waals surface area contributed by atoms with Gasteiger partial charge in [0, 0.05) is 49.2 Å². The summed E-state index contributed by atoms with van der Waals surface area (Å²) < 4.78 is 13.9. The summed E-state index contributed by atoms with van der Waals surface area (Å²) in [6.45, 7) is 5.50. The van der Waals surface area contributed by atoms with Crippen molar-refractivity contribution in [3.8, 4) is 0 Å². The molecular formula is C19H22ClFN4O. The van der Waals surface area contributed by atoms with Crippen LogP contribution < -0.4 is 10.2 Å². The number of nitrogens with zero attached hydrogens (tertiary/aromatic N) is 3. The Labute approximate surface area is 157 Å². The lowest BCUT2D eigenvalue weighted by Crippen LogP contribution is -2.45. The van der Waals surface area contributed by atoms with Crippen molar-refractivity contribution in [1.29, 1.82) is 0 Å². The van der Waals surface area contributed by atoms with Crippen LogP contribution in [-0.4, -0.2) is 49.0 Å². The molecule has 3 rings (SSSR count). The van der Waals surface area contributed by atoms with Crippen molar-refractivity contribution < 1.29 is 9.18 Å². The Morgan fingerprint density at radius 3 is 2.65 bits per heavy atom. The number of amides is 1. The molecule has 1 N–H and O–H groups in total. The number of likely N-dealkylation sites (N-methyl/N-ethyl adjacent to an activating group) is 1. The topological polar surface area (TPSA) is 48.5 Å². The predicted octanol–water partition coefficient (Wildman–Crippen LogP) is 3.12. The fraction of sp³-hybridized carbons (Fsp3) is 0.368. The Bertz CT molecular complexity index is 793. The molecule has 1 saturated heterocycles. The van der Waals surface area contributed by atoms with E-state index in [1.54, 1.807) is 12.1 Å². The molecular weight excluding hydrogens is 355 g/mol. The lowest BCUT2D eigenvalue weighted by Gasteiger charge is -2.36. The van der Waals surface area contributed by atoms with Gasteiger partial charge < -0.3 is 15.1 Å². The lowest BCUT2D eigenvalue weighted by molar-refractivity contribution is 0.0939. The Kier molecular flexibility index (Phi) is 5.74. The minimum absolute atomic E-state index is 0.259. The second kappa shape index (κ2) is 8.01. The van der Waals surface area contributed by atoms with E-state index in [0.717, 1.165) is 37.4 Å². The number of carbonyl (C=O) groups is 1. The Balaban J connectivity index is 1.81. The van der Waals surface area contributed by atoms with Crippen molar-refractivity contribution in [2.24, 2.45) is 0 Å². The quantitative estimate of drug-likeness (QED) is 0.833. The van der Waals surface area contributed by atoms with Crippen molar-refractivity contribution in [3.63, 3.8) is 0 Å². The fourth-order valence-electron chi connectivity index (χ4n) is 3.11. The average molecular weight is 377 g/mol.